The predicted octanol–water partition coefficient (Wildman–Crippen LogP) is 4.78. The monoisotopic (exact) mass is 451 g/mol. The molecule has 172 valence electrons. The summed E-state index contributed by atoms with van der Waals surface area (Å²) in [5.74, 6) is 2.07. The van der Waals surface area contributed by atoms with Gasteiger partial charge < -0.3 is 15.7 Å². The fourth-order valence-corrected chi connectivity index (χ4v) is 5.69. The molecule has 2 aromatic heterocycles. The normalized spacial score (nSPS) is 22.1. The van der Waals surface area contributed by atoms with E-state index in [1.807, 2.05) is 18.2 Å². The molecule has 2 aromatic carbocycles. The number of hydrogen-bond acceptors (Lipinski definition) is 6. The number of aliphatic hydroxyl groups excluding tert-OH is 1. The van der Waals surface area contributed by atoms with E-state index < -0.39 is 0 Å². The Bertz CT molecular complexity index is 1320. The second kappa shape index (κ2) is 8.69. The van der Waals surface area contributed by atoms with Crippen LogP contribution < -0.4 is 10.6 Å². The SMILES string of the molecule is Nc1ncnc2c1C(c1ccc3ccc(-c4ccccc4)nc3c1)CN2C1CCC(CO)CC1. The Morgan fingerprint density at radius 1 is 0.941 bits per heavy atom. The summed E-state index contributed by atoms with van der Waals surface area (Å²) in [6.45, 7) is 1.13. The Kier molecular flexibility index (Phi) is 5.38. The van der Waals surface area contributed by atoms with Gasteiger partial charge in [0.2, 0.25) is 0 Å². The van der Waals surface area contributed by atoms with Crippen LogP contribution in [-0.2, 0) is 0 Å². The summed E-state index contributed by atoms with van der Waals surface area (Å²) in [4.78, 5) is 16.4. The maximum Gasteiger partial charge on any atom is 0.138 e. The predicted molar refractivity (Wildman–Crippen MR) is 136 cm³/mol. The molecule has 1 fully saturated rings. The Labute approximate surface area is 199 Å². The highest BCUT2D eigenvalue weighted by Gasteiger charge is 2.38. The van der Waals surface area contributed by atoms with Crippen LogP contribution in [-0.4, -0.2) is 39.3 Å². The second-order valence-electron chi connectivity index (χ2n) is 9.57. The number of benzene rings is 2. The van der Waals surface area contributed by atoms with Gasteiger partial charge >= 0.3 is 0 Å². The van der Waals surface area contributed by atoms with Gasteiger partial charge in [-0.15, -0.1) is 0 Å². The number of rotatable bonds is 4. The molecule has 6 rings (SSSR count). The molecule has 3 heterocycles. The summed E-state index contributed by atoms with van der Waals surface area (Å²) >= 11 is 0. The molecule has 1 aliphatic heterocycles. The van der Waals surface area contributed by atoms with Gasteiger partial charge in [0, 0.05) is 41.6 Å². The van der Waals surface area contributed by atoms with Crippen molar-refractivity contribution in [2.75, 3.05) is 23.8 Å². The minimum Gasteiger partial charge on any atom is -0.396 e. The average molecular weight is 452 g/mol. The van der Waals surface area contributed by atoms with Crippen LogP contribution in [0.1, 0.15) is 42.7 Å². The molecule has 2 aliphatic rings. The van der Waals surface area contributed by atoms with Gasteiger partial charge in [0.25, 0.3) is 0 Å². The van der Waals surface area contributed by atoms with Crippen molar-refractivity contribution in [1.82, 2.24) is 15.0 Å². The van der Waals surface area contributed by atoms with Crippen LogP contribution in [0.15, 0.2) is 67.0 Å². The smallest absolute Gasteiger partial charge is 0.138 e. The Morgan fingerprint density at radius 2 is 1.74 bits per heavy atom. The zero-order valence-corrected chi connectivity index (χ0v) is 19.1. The maximum atomic E-state index is 9.55. The summed E-state index contributed by atoms with van der Waals surface area (Å²) < 4.78 is 0. The van der Waals surface area contributed by atoms with Crippen molar-refractivity contribution in [2.45, 2.75) is 37.6 Å². The van der Waals surface area contributed by atoms with Crippen LogP contribution in [0.2, 0.25) is 0 Å². The van der Waals surface area contributed by atoms with E-state index in [-0.39, 0.29) is 12.5 Å². The molecule has 0 spiro atoms. The number of anilines is 2. The van der Waals surface area contributed by atoms with Crippen LogP contribution in [0, 0.1) is 5.92 Å². The molecular formula is C28H29N5O. The first-order valence-corrected chi connectivity index (χ1v) is 12.2. The van der Waals surface area contributed by atoms with Gasteiger partial charge in [0.15, 0.2) is 0 Å². The first-order valence-electron chi connectivity index (χ1n) is 12.2. The van der Waals surface area contributed by atoms with Crippen molar-refractivity contribution in [3.8, 4) is 11.3 Å². The molecule has 0 amide bonds. The molecule has 6 nitrogen and oxygen atoms in total. The molecule has 3 N–H and O–H groups in total. The van der Waals surface area contributed by atoms with Crippen LogP contribution in [0.25, 0.3) is 22.2 Å². The molecule has 0 saturated heterocycles. The molecule has 0 bridgehead atoms. The fraction of sp³-hybridized carbons (Fsp3) is 0.321. The van der Waals surface area contributed by atoms with E-state index in [0.29, 0.717) is 17.8 Å². The number of hydrogen-bond donors (Lipinski definition) is 2. The van der Waals surface area contributed by atoms with Gasteiger partial charge in [0.05, 0.1) is 11.2 Å². The lowest BCUT2D eigenvalue weighted by molar-refractivity contribution is 0.181. The zero-order valence-electron chi connectivity index (χ0n) is 19.1. The van der Waals surface area contributed by atoms with Crippen molar-refractivity contribution >= 4 is 22.5 Å². The van der Waals surface area contributed by atoms with Crippen molar-refractivity contribution in [2.24, 2.45) is 5.92 Å². The average Bonchev–Trinajstić information content (AvgIpc) is 3.30. The molecule has 0 radical (unpaired) electrons. The van der Waals surface area contributed by atoms with Crippen molar-refractivity contribution in [1.29, 1.82) is 0 Å². The van der Waals surface area contributed by atoms with Gasteiger partial charge in [-0.25, -0.2) is 15.0 Å². The lowest BCUT2D eigenvalue weighted by Gasteiger charge is -2.35. The largest absolute Gasteiger partial charge is 0.396 e. The molecule has 4 aromatic rings. The molecule has 1 saturated carbocycles. The van der Waals surface area contributed by atoms with Gasteiger partial charge in [-0.1, -0.05) is 48.5 Å². The molecule has 1 unspecified atom stereocenters. The van der Waals surface area contributed by atoms with E-state index in [1.165, 1.54) is 5.56 Å². The molecule has 34 heavy (non-hydrogen) atoms. The highest BCUT2D eigenvalue weighted by molar-refractivity contribution is 5.83. The lowest BCUT2D eigenvalue weighted by atomic mass is 9.86. The number of aromatic nitrogens is 3. The van der Waals surface area contributed by atoms with Crippen LogP contribution >= 0.6 is 0 Å². The van der Waals surface area contributed by atoms with Crippen LogP contribution in [0.5, 0.6) is 0 Å². The van der Waals surface area contributed by atoms with Crippen molar-refractivity contribution in [3.05, 3.63) is 78.1 Å². The number of nitrogens with zero attached hydrogens (tertiary/aromatic N) is 4. The van der Waals surface area contributed by atoms with Crippen LogP contribution in [0.4, 0.5) is 11.6 Å². The number of aliphatic hydroxyl groups is 1. The summed E-state index contributed by atoms with van der Waals surface area (Å²) in [7, 11) is 0. The highest BCUT2D eigenvalue weighted by Crippen LogP contribution is 2.44. The minimum atomic E-state index is 0.110. The zero-order chi connectivity index (χ0) is 23.1. The minimum absolute atomic E-state index is 0.110. The first-order chi connectivity index (χ1) is 16.7. The summed E-state index contributed by atoms with van der Waals surface area (Å²) in [6.07, 6.45) is 5.83. The van der Waals surface area contributed by atoms with Gasteiger partial charge in [-0.05, 0) is 49.3 Å². The number of nitrogen functional groups attached to an aromatic ring is 1. The molecule has 1 atom stereocenters. The van der Waals surface area contributed by atoms with E-state index >= 15 is 0 Å². The molecule has 6 heteroatoms. The highest BCUT2D eigenvalue weighted by atomic mass is 16.3. The Balaban J connectivity index is 1.36. The van der Waals surface area contributed by atoms with E-state index in [9.17, 15) is 5.11 Å². The third-order valence-electron chi connectivity index (χ3n) is 7.60. The lowest BCUT2D eigenvalue weighted by Crippen LogP contribution is -2.38. The van der Waals surface area contributed by atoms with Gasteiger partial charge in [-0.2, -0.15) is 0 Å². The first kappa shape index (κ1) is 21.1. The van der Waals surface area contributed by atoms with Crippen molar-refractivity contribution in [3.63, 3.8) is 0 Å². The summed E-state index contributed by atoms with van der Waals surface area (Å²) in [5, 5.41) is 10.7. The van der Waals surface area contributed by atoms with E-state index in [2.05, 4.69) is 57.3 Å². The Morgan fingerprint density at radius 3 is 2.53 bits per heavy atom. The van der Waals surface area contributed by atoms with E-state index in [1.54, 1.807) is 6.33 Å². The summed E-state index contributed by atoms with van der Waals surface area (Å²) in [5.41, 5.74) is 11.7. The number of pyridine rings is 1. The number of fused-ring (bicyclic) bond motifs is 2. The number of nitrogens with two attached hydrogens (primary N) is 1. The third kappa shape index (κ3) is 3.68. The van der Waals surface area contributed by atoms with E-state index in [0.717, 1.165) is 65.8 Å². The topological polar surface area (TPSA) is 88.2 Å². The van der Waals surface area contributed by atoms with Crippen LogP contribution in [0.3, 0.4) is 0 Å². The quantitative estimate of drug-likeness (QED) is 0.464. The fourth-order valence-electron chi connectivity index (χ4n) is 5.69. The Hall–Kier alpha value is -3.51. The van der Waals surface area contributed by atoms with E-state index in [4.69, 9.17) is 10.7 Å². The van der Waals surface area contributed by atoms with Gasteiger partial charge in [0.1, 0.15) is 18.0 Å². The van der Waals surface area contributed by atoms with Gasteiger partial charge in [-0.3, -0.25) is 0 Å². The molecular weight excluding hydrogens is 422 g/mol. The standard InChI is InChI=1S/C28H29N5O/c29-27-26-23(15-33(28(26)31-17-30-27)22-11-6-18(16-34)7-12-22)21-9-8-20-10-13-24(32-25(20)14-21)19-4-2-1-3-5-19/h1-5,8-10,13-14,17-18,22-23,34H,6-7,11-12,15-16H2,(H2,29,30,31). The van der Waals surface area contributed by atoms with Crippen molar-refractivity contribution < 1.29 is 5.11 Å². The maximum absolute atomic E-state index is 9.55. The molecule has 1 aliphatic carbocycles. The second-order valence-corrected chi connectivity index (χ2v) is 9.57. The third-order valence-corrected chi connectivity index (χ3v) is 7.60. The summed E-state index contributed by atoms with van der Waals surface area (Å²) in [6, 6.07) is 21.5.